The molecule has 1 aromatic rings. The third-order valence-corrected chi connectivity index (χ3v) is 3.69. The van der Waals surface area contributed by atoms with Crippen LogP contribution < -0.4 is 10.5 Å². The highest BCUT2D eigenvalue weighted by molar-refractivity contribution is 7.80. The number of hydrogen-bond donors (Lipinski definition) is 1. The molecule has 2 rings (SSSR count). The number of nitrogens with two attached hydrogens (primary N) is 1. The Balaban J connectivity index is 1.88. The van der Waals surface area contributed by atoms with Crippen LogP contribution in [-0.4, -0.2) is 61.2 Å². The van der Waals surface area contributed by atoms with E-state index in [1.54, 1.807) is 12.1 Å². The second kappa shape index (κ2) is 6.97. The Kier molecular flexibility index (Phi) is 5.28. The topological polar surface area (TPSA) is 41.7 Å². The molecule has 20 heavy (non-hydrogen) atoms. The van der Waals surface area contributed by atoms with Crippen LogP contribution in [0.2, 0.25) is 0 Å². The zero-order valence-electron chi connectivity index (χ0n) is 11.6. The first-order chi connectivity index (χ1) is 9.58. The minimum absolute atomic E-state index is 0.0256. The molecule has 1 aromatic carbocycles. The number of piperazine rings is 1. The lowest BCUT2D eigenvalue weighted by molar-refractivity contribution is 0.133. The average Bonchev–Trinajstić information content (AvgIpc) is 2.40. The highest BCUT2D eigenvalue weighted by Crippen LogP contribution is 2.21. The van der Waals surface area contributed by atoms with Crippen molar-refractivity contribution >= 4 is 17.2 Å². The van der Waals surface area contributed by atoms with Gasteiger partial charge in [0.1, 0.15) is 23.2 Å². The van der Waals surface area contributed by atoms with Crippen LogP contribution >= 0.6 is 12.2 Å². The molecule has 1 aliphatic heterocycles. The Morgan fingerprint density at radius 3 is 2.70 bits per heavy atom. The van der Waals surface area contributed by atoms with E-state index in [0.717, 1.165) is 32.7 Å². The molecular formula is C14H20FN3OS. The fraction of sp³-hybridized carbons (Fsp3) is 0.500. The van der Waals surface area contributed by atoms with Gasteiger partial charge in [0.25, 0.3) is 0 Å². The van der Waals surface area contributed by atoms with Crippen LogP contribution in [-0.2, 0) is 0 Å². The van der Waals surface area contributed by atoms with Gasteiger partial charge in [-0.3, -0.25) is 4.90 Å². The third-order valence-electron chi connectivity index (χ3n) is 3.48. The number of thiocarbonyl (C=S) groups is 1. The summed E-state index contributed by atoms with van der Waals surface area (Å²) in [6.45, 7) is 5.52. The van der Waals surface area contributed by atoms with Gasteiger partial charge in [0, 0.05) is 32.7 Å². The Labute approximate surface area is 124 Å². The molecule has 1 aliphatic rings. The van der Waals surface area contributed by atoms with Crippen LogP contribution in [0.3, 0.4) is 0 Å². The van der Waals surface area contributed by atoms with Crippen molar-refractivity contribution in [3.63, 3.8) is 0 Å². The molecule has 0 saturated carbocycles. The second-order valence-electron chi connectivity index (χ2n) is 4.97. The minimum atomic E-state index is -0.436. The predicted molar refractivity (Wildman–Crippen MR) is 81.7 cm³/mol. The standard InChI is InChI=1S/C14H20FN3OS/c1-17-5-7-18(8-6-17)9-10-19-12-4-2-3-11(15)13(12)14(16)20/h2-4H,5-10H2,1H3,(H2,16,20). The Morgan fingerprint density at radius 2 is 2.05 bits per heavy atom. The van der Waals surface area contributed by atoms with Crippen molar-refractivity contribution in [2.75, 3.05) is 46.4 Å². The molecule has 4 nitrogen and oxygen atoms in total. The van der Waals surface area contributed by atoms with Crippen molar-refractivity contribution in [2.45, 2.75) is 0 Å². The molecule has 6 heteroatoms. The van der Waals surface area contributed by atoms with Gasteiger partial charge in [0.15, 0.2) is 0 Å². The van der Waals surface area contributed by atoms with E-state index in [4.69, 9.17) is 22.7 Å². The molecule has 0 aliphatic carbocycles. The van der Waals surface area contributed by atoms with E-state index in [2.05, 4.69) is 16.8 Å². The molecule has 110 valence electrons. The zero-order chi connectivity index (χ0) is 14.5. The summed E-state index contributed by atoms with van der Waals surface area (Å²) in [5, 5.41) is 0. The molecule has 0 aromatic heterocycles. The highest BCUT2D eigenvalue weighted by Gasteiger charge is 2.15. The minimum Gasteiger partial charge on any atom is -0.491 e. The lowest BCUT2D eigenvalue weighted by atomic mass is 10.2. The summed E-state index contributed by atoms with van der Waals surface area (Å²) in [5.74, 6) is -0.0128. The third kappa shape index (κ3) is 3.88. The van der Waals surface area contributed by atoms with Crippen LogP contribution in [0.15, 0.2) is 18.2 Å². The molecule has 0 radical (unpaired) electrons. The summed E-state index contributed by atoms with van der Waals surface area (Å²) < 4.78 is 19.3. The number of ether oxygens (including phenoxy) is 1. The van der Waals surface area contributed by atoms with E-state index in [0.29, 0.717) is 12.4 Å². The number of hydrogen-bond acceptors (Lipinski definition) is 4. The van der Waals surface area contributed by atoms with E-state index >= 15 is 0 Å². The molecule has 1 saturated heterocycles. The molecule has 0 atom stereocenters. The first-order valence-corrected chi connectivity index (χ1v) is 7.11. The second-order valence-corrected chi connectivity index (χ2v) is 5.41. The maximum absolute atomic E-state index is 13.7. The van der Waals surface area contributed by atoms with Crippen LogP contribution in [0.1, 0.15) is 5.56 Å². The lowest BCUT2D eigenvalue weighted by Crippen LogP contribution is -2.45. The smallest absolute Gasteiger partial charge is 0.137 e. The zero-order valence-corrected chi connectivity index (χ0v) is 12.5. The molecule has 1 heterocycles. The normalized spacial score (nSPS) is 17.1. The molecule has 2 N–H and O–H groups in total. The number of benzene rings is 1. The summed E-state index contributed by atoms with van der Waals surface area (Å²) in [6.07, 6.45) is 0. The summed E-state index contributed by atoms with van der Waals surface area (Å²) in [4.78, 5) is 4.66. The Morgan fingerprint density at radius 1 is 1.35 bits per heavy atom. The van der Waals surface area contributed by atoms with Gasteiger partial charge in [-0.05, 0) is 19.2 Å². The van der Waals surface area contributed by atoms with Gasteiger partial charge in [0.05, 0.1) is 5.56 Å². The fourth-order valence-corrected chi connectivity index (χ4v) is 2.42. The van der Waals surface area contributed by atoms with Gasteiger partial charge in [-0.1, -0.05) is 18.3 Å². The van der Waals surface area contributed by atoms with Gasteiger partial charge in [-0.2, -0.15) is 0 Å². The maximum Gasteiger partial charge on any atom is 0.137 e. The van der Waals surface area contributed by atoms with Gasteiger partial charge < -0.3 is 15.4 Å². The van der Waals surface area contributed by atoms with E-state index in [-0.39, 0.29) is 10.6 Å². The van der Waals surface area contributed by atoms with Gasteiger partial charge in [-0.15, -0.1) is 0 Å². The first kappa shape index (κ1) is 15.2. The average molecular weight is 297 g/mol. The molecule has 1 fully saturated rings. The molecule has 0 spiro atoms. The van der Waals surface area contributed by atoms with E-state index in [9.17, 15) is 4.39 Å². The summed E-state index contributed by atoms with van der Waals surface area (Å²) in [6, 6.07) is 4.63. The van der Waals surface area contributed by atoms with Crippen LogP contribution in [0.4, 0.5) is 4.39 Å². The molecule has 0 amide bonds. The quantitative estimate of drug-likeness (QED) is 0.824. The number of rotatable bonds is 5. The number of nitrogens with zero attached hydrogens (tertiary/aromatic N) is 2. The first-order valence-electron chi connectivity index (χ1n) is 6.70. The summed E-state index contributed by atoms with van der Waals surface area (Å²) in [7, 11) is 2.12. The van der Waals surface area contributed by atoms with Crippen molar-refractivity contribution in [1.29, 1.82) is 0 Å². The van der Waals surface area contributed by atoms with E-state index < -0.39 is 5.82 Å². The van der Waals surface area contributed by atoms with E-state index in [1.807, 2.05) is 0 Å². The molecule has 0 bridgehead atoms. The molecular weight excluding hydrogens is 277 g/mol. The summed E-state index contributed by atoms with van der Waals surface area (Å²) in [5.41, 5.74) is 5.74. The Bertz CT molecular complexity index is 475. The van der Waals surface area contributed by atoms with Crippen molar-refractivity contribution < 1.29 is 9.13 Å². The fourth-order valence-electron chi connectivity index (χ4n) is 2.22. The van der Waals surface area contributed by atoms with Gasteiger partial charge in [-0.25, -0.2) is 4.39 Å². The lowest BCUT2D eigenvalue weighted by Gasteiger charge is -2.32. The van der Waals surface area contributed by atoms with Crippen molar-refractivity contribution in [3.05, 3.63) is 29.6 Å². The Hall–Kier alpha value is -1.24. The number of likely N-dealkylation sites (N-methyl/N-ethyl adjacent to an activating group) is 1. The maximum atomic E-state index is 13.7. The highest BCUT2D eigenvalue weighted by atomic mass is 32.1. The monoisotopic (exact) mass is 297 g/mol. The van der Waals surface area contributed by atoms with Crippen LogP contribution in [0.25, 0.3) is 0 Å². The van der Waals surface area contributed by atoms with Crippen LogP contribution in [0.5, 0.6) is 5.75 Å². The van der Waals surface area contributed by atoms with Gasteiger partial charge in [0.2, 0.25) is 0 Å². The predicted octanol–water partition coefficient (Wildman–Crippen LogP) is 1.09. The van der Waals surface area contributed by atoms with E-state index in [1.165, 1.54) is 6.07 Å². The van der Waals surface area contributed by atoms with Crippen molar-refractivity contribution in [2.24, 2.45) is 5.73 Å². The van der Waals surface area contributed by atoms with Crippen molar-refractivity contribution in [1.82, 2.24) is 9.80 Å². The number of halogens is 1. The van der Waals surface area contributed by atoms with Gasteiger partial charge >= 0.3 is 0 Å². The largest absolute Gasteiger partial charge is 0.491 e. The molecule has 0 unspecified atom stereocenters. The summed E-state index contributed by atoms with van der Waals surface area (Å²) >= 11 is 4.87. The SMILES string of the molecule is CN1CCN(CCOc2cccc(F)c2C(N)=S)CC1. The van der Waals surface area contributed by atoms with Crippen LogP contribution in [0, 0.1) is 5.82 Å². The van der Waals surface area contributed by atoms with Crippen molar-refractivity contribution in [3.8, 4) is 5.75 Å².